The van der Waals surface area contributed by atoms with Crippen LogP contribution in [-0.2, 0) is 4.79 Å². The van der Waals surface area contributed by atoms with Crippen molar-refractivity contribution >= 4 is 23.1 Å². The Morgan fingerprint density at radius 1 is 1.44 bits per heavy atom. The van der Waals surface area contributed by atoms with Crippen LogP contribution in [0, 0.1) is 0 Å². The first-order valence-corrected chi connectivity index (χ1v) is 6.66. The van der Waals surface area contributed by atoms with E-state index in [9.17, 15) is 4.79 Å². The van der Waals surface area contributed by atoms with Gasteiger partial charge in [0.2, 0.25) is 5.91 Å². The fraction of sp³-hybridized carbons (Fsp3) is 0.833. The van der Waals surface area contributed by atoms with Crippen molar-refractivity contribution in [3.63, 3.8) is 0 Å². The Balaban J connectivity index is 2.32. The topological polar surface area (TPSA) is 46.3 Å². The Morgan fingerprint density at radius 3 is 2.81 bits per heavy atom. The summed E-state index contributed by atoms with van der Waals surface area (Å²) in [5.41, 5.74) is 5.64. The Bertz CT molecular complexity index is 255. The number of likely N-dealkylation sites (tertiary alicyclic amines) is 1. The summed E-state index contributed by atoms with van der Waals surface area (Å²) in [4.78, 5) is 14.3. The summed E-state index contributed by atoms with van der Waals surface area (Å²) in [5.74, 6) is 0.228. The molecule has 0 aliphatic carbocycles. The van der Waals surface area contributed by atoms with Crippen molar-refractivity contribution in [3.05, 3.63) is 0 Å². The molecule has 1 saturated heterocycles. The number of nitrogens with zero attached hydrogens (tertiary/aromatic N) is 1. The highest BCUT2D eigenvalue weighted by Gasteiger charge is 2.29. The van der Waals surface area contributed by atoms with Crippen molar-refractivity contribution < 1.29 is 4.79 Å². The summed E-state index contributed by atoms with van der Waals surface area (Å²) in [5, 5.41) is 0. The van der Waals surface area contributed by atoms with Gasteiger partial charge in [-0.1, -0.05) is 38.4 Å². The average Bonchev–Trinajstić information content (AvgIpc) is 2.73. The van der Waals surface area contributed by atoms with Crippen LogP contribution in [0.5, 0.6) is 0 Å². The quantitative estimate of drug-likeness (QED) is 0.574. The Hall–Kier alpha value is -0.640. The normalized spacial score (nSPS) is 20.1. The van der Waals surface area contributed by atoms with E-state index in [1.807, 2.05) is 4.90 Å². The number of hydrogen-bond donors (Lipinski definition) is 1. The van der Waals surface area contributed by atoms with E-state index in [4.69, 9.17) is 18.0 Å². The van der Waals surface area contributed by atoms with Gasteiger partial charge in [0.1, 0.15) is 0 Å². The van der Waals surface area contributed by atoms with Gasteiger partial charge in [0.05, 0.1) is 11.0 Å². The zero-order chi connectivity index (χ0) is 12.0. The molecule has 1 amide bonds. The van der Waals surface area contributed by atoms with Crippen molar-refractivity contribution in [1.29, 1.82) is 0 Å². The van der Waals surface area contributed by atoms with Crippen LogP contribution in [0.3, 0.4) is 0 Å². The lowest BCUT2D eigenvalue weighted by Gasteiger charge is -2.23. The van der Waals surface area contributed by atoms with Gasteiger partial charge in [-0.25, -0.2) is 0 Å². The minimum absolute atomic E-state index is 0.0219. The van der Waals surface area contributed by atoms with Crippen LogP contribution in [0.4, 0.5) is 0 Å². The second kappa shape index (κ2) is 6.84. The fourth-order valence-corrected chi connectivity index (χ4v) is 2.45. The van der Waals surface area contributed by atoms with E-state index in [0.717, 1.165) is 32.2 Å². The summed E-state index contributed by atoms with van der Waals surface area (Å²) in [7, 11) is 0. The third-order valence-electron chi connectivity index (χ3n) is 3.15. The molecule has 0 radical (unpaired) electrons. The van der Waals surface area contributed by atoms with E-state index < -0.39 is 0 Å². The van der Waals surface area contributed by atoms with E-state index >= 15 is 0 Å². The van der Waals surface area contributed by atoms with Gasteiger partial charge < -0.3 is 10.6 Å². The lowest BCUT2D eigenvalue weighted by Crippen LogP contribution is -2.42. The Labute approximate surface area is 103 Å². The summed E-state index contributed by atoms with van der Waals surface area (Å²) in [6, 6.07) is 0.0219. The highest BCUT2D eigenvalue weighted by Crippen LogP contribution is 2.19. The first kappa shape index (κ1) is 13.4. The minimum Gasteiger partial charge on any atom is -0.392 e. The number of hydrogen-bond acceptors (Lipinski definition) is 2. The summed E-state index contributed by atoms with van der Waals surface area (Å²) >= 11 is 4.99. The van der Waals surface area contributed by atoms with Gasteiger partial charge in [-0.05, 0) is 19.3 Å². The molecule has 1 aliphatic heterocycles. The number of carbonyl (C=O) groups is 1. The molecule has 0 spiro atoms. The van der Waals surface area contributed by atoms with Crippen LogP contribution >= 0.6 is 12.2 Å². The second-order valence-electron chi connectivity index (χ2n) is 4.46. The molecule has 0 aromatic rings. The SMILES string of the molecule is CCCCCCC(=O)N1CCCC1C(N)=S. The highest BCUT2D eigenvalue weighted by molar-refractivity contribution is 7.80. The minimum atomic E-state index is 0.0219. The molecule has 4 heteroatoms. The maximum absolute atomic E-state index is 11.9. The van der Waals surface area contributed by atoms with Crippen LogP contribution in [0.15, 0.2) is 0 Å². The first-order valence-electron chi connectivity index (χ1n) is 6.25. The van der Waals surface area contributed by atoms with Crippen LogP contribution < -0.4 is 5.73 Å². The zero-order valence-corrected chi connectivity index (χ0v) is 10.9. The molecule has 3 nitrogen and oxygen atoms in total. The van der Waals surface area contributed by atoms with Crippen molar-refractivity contribution in [3.8, 4) is 0 Å². The molecule has 1 atom stereocenters. The van der Waals surface area contributed by atoms with Crippen molar-refractivity contribution in [2.24, 2.45) is 5.73 Å². The summed E-state index contributed by atoms with van der Waals surface area (Å²) in [6.45, 7) is 3.00. The van der Waals surface area contributed by atoms with Gasteiger partial charge in [-0.3, -0.25) is 4.79 Å². The van der Waals surface area contributed by atoms with Gasteiger partial charge in [0.25, 0.3) is 0 Å². The first-order chi connectivity index (χ1) is 7.66. The van der Waals surface area contributed by atoms with Gasteiger partial charge in [-0.2, -0.15) is 0 Å². The van der Waals surface area contributed by atoms with Crippen LogP contribution in [0.25, 0.3) is 0 Å². The number of thiocarbonyl (C=S) groups is 1. The molecular weight excluding hydrogens is 220 g/mol. The number of unbranched alkanes of at least 4 members (excludes halogenated alkanes) is 3. The lowest BCUT2D eigenvalue weighted by molar-refractivity contribution is -0.131. The third-order valence-corrected chi connectivity index (χ3v) is 3.42. The molecule has 1 rings (SSSR count). The van der Waals surface area contributed by atoms with Crippen molar-refractivity contribution in [2.75, 3.05) is 6.54 Å². The number of rotatable bonds is 6. The predicted octanol–water partition coefficient (Wildman–Crippen LogP) is 2.23. The van der Waals surface area contributed by atoms with Gasteiger partial charge >= 0.3 is 0 Å². The lowest BCUT2D eigenvalue weighted by atomic mass is 10.1. The fourth-order valence-electron chi connectivity index (χ4n) is 2.21. The van der Waals surface area contributed by atoms with E-state index in [-0.39, 0.29) is 11.9 Å². The van der Waals surface area contributed by atoms with Crippen LogP contribution in [0.2, 0.25) is 0 Å². The molecule has 1 aliphatic rings. The van der Waals surface area contributed by atoms with Crippen molar-refractivity contribution in [1.82, 2.24) is 4.90 Å². The van der Waals surface area contributed by atoms with Gasteiger partial charge in [0.15, 0.2) is 0 Å². The predicted molar refractivity (Wildman–Crippen MR) is 70.3 cm³/mol. The molecule has 0 bridgehead atoms. The van der Waals surface area contributed by atoms with E-state index in [0.29, 0.717) is 11.4 Å². The zero-order valence-electron chi connectivity index (χ0n) is 10.1. The molecule has 1 heterocycles. The van der Waals surface area contributed by atoms with Crippen LogP contribution in [0.1, 0.15) is 51.9 Å². The Kier molecular flexibility index (Phi) is 5.74. The molecule has 0 aromatic heterocycles. The van der Waals surface area contributed by atoms with E-state index in [2.05, 4.69) is 6.92 Å². The standard InChI is InChI=1S/C12H22N2OS/c1-2-3-4-5-8-11(15)14-9-6-7-10(14)12(13)16/h10H,2-9H2,1H3,(H2,13,16). The summed E-state index contributed by atoms with van der Waals surface area (Å²) in [6.07, 6.45) is 7.18. The molecule has 0 aromatic carbocycles. The maximum Gasteiger partial charge on any atom is 0.223 e. The Morgan fingerprint density at radius 2 is 2.19 bits per heavy atom. The molecule has 1 fully saturated rings. The second-order valence-corrected chi connectivity index (χ2v) is 4.93. The number of nitrogens with two attached hydrogens (primary N) is 1. The molecule has 92 valence electrons. The van der Waals surface area contributed by atoms with Crippen molar-refractivity contribution in [2.45, 2.75) is 57.9 Å². The smallest absolute Gasteiger partial charge is 0.223 e. The molecule has 0 saturated carbocycles. The highest BCUT2D eigenvalue weighted by atomic mass is 32.1. The monoisotopic (exact) mass is 242 g/mol. The van der Waals surface area contributed by atoms with Crippen LogP contribution in [-0.4, -0.2) is 28.4 Å². The largest absolute Gasteiger partial charge is 0.392 e. The van der Waals surface area contributed by atoms with Gasteiger partial charge in [-0.15, -0.1) is 0 Å². The molecular formula is C12H22N2OS. The third kappa shape index (κ3) is 3.74. The maximum atomic E-state index is 11.9. The number of amides is 1. The molecule has 16 heavy (non-hydrogen) atoms. The van der Waals surface area contributed by atoms with Gasteiger partial charge in [0, 0.05) is 13.0 Å². The molecule has 2 N–H and O–H groups in total. The number of carbonyl (C=O) groups excluding carboxylic acids is 1. The summed E-state index contributed by atoms with van der Waals surface area (Å²) < 4.78 is 0. The van der Waals surface area contributed by atoms with E-state index in [1.54, 1.807) is 0 Å². The molecule has 1 unspecified atom stereocenters. The van der Waals surface area contributed by atoms with E-state index in [1.165, 1.54) is 12.8 Å². The average molecular weight is 242 g/mol.